The van der Waals surface area contributed by atoms with Gasteiger partial charge in [-0.3, -0.25) is 9.59 Å². The molecule has 2 rings (SSSR count). The van der Waals surface area contributed by atoms with E-state index in [0.29, 0.717) is 25.4 Å². The maximum Gasteiger partial charge on any atom is 0.241 e. The van der Waals surface area contributed by atoms with Gasteiger partial charge in [-0.05, 0) is 31.6 Å². The third kappa shape index (κ3) is 3.93. The molecule has 0 unspecified atom stereocenters. The summed E-state index contributed by atoms with van der Waals surface area (Å²) in [5, 5.41) is 9.24. The summed E-state index contributed by atoms with van der Waals surface area (Å²) >= 11 is 0. The van der Waals surface area contributed by atoms with Gasteiger partial charge in [-0.25, -0.2) is 0 Å². The lowest BCUT2D eigenvalue weighted by Crippen LogP contribution is -2.45. The summed E-state index contributed by atoms with van der Waals surface area (Å²) in [5.41, 5.74) is 0. The van der Waals surface area contributed by atoms with Crippen LogP contribution in [0.15, 0.2) is 0 Å². The highest BCUT2D eigenvalue weighted by molar-refractivity contribution is 5.84. The lowest BCUT2D eigenvalue weighted by atomic mass is 9.82. The molecule has 1 heterocycles. The number of aliphatic hydroxyl groups is 1. The van der Waals surface area contributed by atoms with E-state index < -0.39 is 0 Å². The molecule has 5 nitrogen and oxygen atoms in total. The van der Waals surface area contributed by atoms with Crippen LogP contribution in [-0.4, -0.2) is 59.5 Å². The fraction of sp³-hybridized carbons (Fsp3) is 0.857. The molecule has 0 aromatic carbocycles. The van der Waals surface area contributed by atoms with E-state index in [2.05, 4.69) is 0 Å². The number of carbonyl (C=O) groups is 2. The summed E-state index contributed by atoms with van der Waals surface area (Å²) in [6, 6.07) is 0. The predicted octanol–water partition coefficient (Wildman–Crippen LogP) is 0.618. The zero-order valence-electron chi connectivity index (χ0n) is 11.7. The van der Waals surface area contributed by atoms with Crippen molar-refractivity contribution in [3.8, 4) is 0 Å². The van der Waals surface area contributed by atoms with Crippen molar-refractivity contribution in [3.05, 3.63) is 0 Å². The minimum atomic E-state index is -0.180. The van der Waals surface area contributed by atoms with Gasteiger partial charge in [0.2, 0.25) is 11.8 Å². The van der Waals surface area contributed by atoms with E-state index in [-0.39, 0.29) is 24.5 Å². The summed E-state index contributed by atoms with van der Waals surface area (Å²) < 4.78 is 0. The van der Waals surface area contributed by atoms with Gasteiger partial charge in [0.05, 0.1) is 12.6 Å². The Bertz CT molecular complexity index is 340. The molecule has 5 heteroatoms. The van der Waals surface area contributed by atoms with E-state index in [4.69, 9.17) is 0 Å². The molecule has 2 aliphatic rings. The molecule has 0 atom stereocenters. The smallest absolute Gasteiger partial charge is 0.241 e. The molecular weight excluding hydrogens is 244 g/mol. The SMILES string of the molecule is CN(CC1CC(O)C1)C(=O)CN1CCCCCC1=O. The maximum atomic E-state index is 12.1. The molecule has 0 spiro atoms. The first kappa shape index (κ1) is 14.3. The van der Waals surface area contributed by atoms with Gasteiger partial charge in [0, 0.05) is 26.6 Å². The largest absolute Gasteiger partial charge is 0.393 e. The van der Waals surface area contributed by atoms with Gasteiger partial charge < -0.3 is 14.9 Å². The van der Waals surface area contributed by atoms with Crippen LogP contribution in [0.25, 0.3) is 0 Å². The third-order valence-corrected chi connectivity index (χ3v) is 4.17. The summed E-state index contributed by atoms with van der Waals surface area (Å²) in [6.07, 6.45) is 5.00. The van der Waals surface area contributed by atoms with Gasteiger partial charge in [-0.2, -0.15) is 0 Å². The van der Waals surface area contributed by atoms with Crippen molar-refractivity contribution in [2.45, 2.75) is 44.6 Å². The van der Waals surface area contributed by atoms with Crippen LogP contribution in [0.5, 0.6) is 0 Å². The lowest BCUT2D eigenvalue weighted by Gasteiger charge is -2.35. The predicted molar refractivity (Wildman–Crippen MR) is 71.4 cm³/mol. The fourth-order valence-corrected chi connectivity index (χ4v) is 2.83. The molecule has 2 fully saturated rings. The molecule has 1 saturated carbocycles. The second-order valence-electron chi connectivity index (χ2n) is 5.89. The molecule has 19 heavy (non-hydrogen) atoms. The molecule has 108 valence electrons. The summed E-state index contributed by atoms with van der Waals surface area (Å²) in [4.78, 5) is 27.3. The van der Waals surface area contributed by atoms with Gasteiger partial charge in [-0.1, -0.05) is 6.42 Å². The van der Waals surface area contributed by atoms with Crippen molar-refractivity contribution in [2.24, 2.45) is 5.92 Å². The average Bonchev–Trinajstić information content (AvgIpc) is 2.53. The molecule has 1 aliphatic heterocycles. The molecule has 2 amide bonds. The molecule has 0 aromatic rings. The van der Waals surface area contributed by atoms with Gasteiger partial charge in [0.25, 0.3) is 0 Å². The van der Waals surface area contributed by atoms with Crippen LogP contribution in [0.1, 0.15) is 38.5 Å². The first-order valence-electron chi connectivity index (χ1n) is 7.26. The molecule has 0 bridgehead atoms. The fourth-order valence-electron chi connectivity index (χ4n) is 2.83. The van der Waals surface area contributed by atoms with Crippen LogP contribution in [0, 0.1) is 5.92 Å². The molecule has 1 N–H and O–H groups in total. The first-order chi connectivity index (χ1) is 9.06. The van der Waals surface area contributed by atoms with E-state index in [9.17, 15) is 14.7 Å². The first-order valence-corrected chi connectivity index (χ1v) is 7.26. The standard InChI is InChI=1S/C14H24N2O3/c1-15(9-11-7-12(17)8-11)14(19)10-16-6-4-2-3-5-13(16)18/h11-12,17H,2-10H2,1H3. The Balaban J connectivity index is 1.77. The number of nitrogens with zero attached hydrogens (tertiary/aromatic N) is 2. The van der Waals surface area contributed by atoms with Crippen LogP contribution in [-0.2, 0) is 9.59 Å². The monoisotopic (exact) mass is 268 g/mol. The van der Waals surface area contributed by atoms with Gasteiger partial charge in [-0.15, -0.1) is 0 Å². The lowest BCUT2D eigenvalue weighted by molar-refractivity contribution is -0.140. The van der Waals surface area contributed by atoms with Crippen LogP contribution in [0.4, 0.5) is 0 Å². The number of likely N-dealkylation sites (tertiary alicyclic amines) is 1. The van der Waals surface area contributed by atoms with E-state index in [1.165, 1.54) is 0 Å². The van der Waals surface area contributed by atoms with E-state index in [1.54, 1.807) is 16.8 Å². The normalized spacial score (nSPS) is 27.7. The highest BCUT2D eigenvalue weighted by Crippen LogP contribution is 2.27. The van der Waals surface area contributed by atoms with Crippen molar-refractivity contribution in [1.29, 1.82) is 0 Å². The molecule has 1 saturated heterocycles. The van der Waals surface area contributed by atoms with Crippen LogP contribution < -0.4 is 0 Å². The maximum absolute atomic E-state index is 12.1. The Morgan fingerprint density at radius 2 is 2.11 bits per heavy atom. The van der Waals surface area contributed by atoms with Gasteiger partial charge >= 0.3 is 0 Å². The Hall–Kier alpha value is -1.10. The van der Waals surface area contributed by atoms with Crippen molar-refractivity contribution < 1.29 is 14.7 Å². The molecule has 0 radical (unpaired) electrons. The highest BCUT2D eigenvalue weighted by atomic mass is 16.3. The Kier molecular flexibility index (Phi) is 4.80. The number of rotatable bonds is 4. The second kappa shape index (κ2) is 6.37. The number of amides is 2. The number of carbonyl (C=O) groups excluding carboxylic acids is 2. The zero-order valence-corrected chi connectivity index (χ0v) is 11.7. The van der Waals surface area contributed by atoms with Crippen molar-refractivity contribution in [3.63, 3.8) is 0 Å². The average molecular weight is 268 g/mol. The van der Waals surface area contributed by atoms with Crippen LogP contribution >= 0.6 is 0 Å². The number of hydrogen-bond donors (Lipinski definition) is 1. The number of aliphatic hydroxyl groups excluding tert-OH is 1. The summed E-state index contributed by atoms with van der Waals surface area (Å²) in [6.45, 7) is 1.61. The van der Waals surface area contributed by atoms with Crippen molar-refractivity contribution >= 4 is 11.8 Å². The minimum Gasteiger partial charge on any atom is -0.393 e. The van der Waals surface area contributed by atoms with Gasteiger partial charge in [0.1, 0.15) is 0 Å². The minimum absolute atomic E-state index is 0.0108. The van der Waals surface area contributed by atoms with Crippen LogP contribution in [0.2, 0.25) is 0 Å². The van der Waals surface area contributed by atoms with E-state index >= 15 is 0 Å². The zero-order chi connectivity index (χ0) is 13.8. The Morgan fingerprint density at radius 1 is 1.37 bits per heavy atom. The number of hydrogen-bond acceptors (Lipinski definition) is 3. The summed E-state index contributed by atoms with van der Waals surface area (Å²) in [5.74, 6) is 0.541. The van der Waals surface area contributed by atoms with Crippen molar-refractivity contribution in [1.82, 2.24) is 9.80 Å². The second-order valence-corrected chi connectivity index (χ2v) is 5.89. The van der Waals surface area contributed by atoms with Crippen molar-refractivity contribution in [2.75, 3.05) is 26.7 Å². The Morgan fingerprint density at radius 3 is 2.79 bits per heavy atom. The molecule has 1 aliphatic carbocycles. The topological polar surface area (TPSA) is 60.9 Å². The summed E-state index contributed by atoms with van der Waals surface area (Å²) in [7, 11) is 1.79. The highest BCUT2D eigenvalue weighted by Gasteiger charge is 2.29. The van der Waals surface area contributed by atoms with E-state index in [1.807, 2.05) is 0 Å². The van der Waals surface area contributed by atoms with E-state index in [0.717, 1.165) is 32.1 Å². The van der Waals surface area contributed by atoms with Gasteiger partial charge in [0.15, 0.2) is 0 Å². The quantitative estimate of drug-likeness (QED) is 0.813. The third-order valence-electron chi connectivity index (χ3n) is 4.17. The Labute approximate surface area is 114 Å². The van der Waals surface area contributed by atoms with Crippen LogP contribution in [0.3, 0.4) is 0 Å². The molecule has 0 aromatic heterocycles. The molecular formula is C14H24N2O3. The number of likely N-dealkylation sites (N-methyl/N-ethyl adjacent to an activating group) is 1.